The van der Waals surface area contributed by atoms with Gasteiger partial charge < -0.3 is 10.2 Å². The van der Waals surface area contributed by atoms with Crippen LogP contribution in [0.15, 0.2) is 24.3 Å². The Hall–Kier alpha value is -1.17. The lowest BCUT2D eigenvalue weighted by Gasteiger charge is -2.18. The molecule has 21 heavy (non-hydrogen) atoms. The zero-order valence-electron chi connectivity index (χ0n) is 12.5. The predicted octanol–water partition coefficient (Wildman–Crippen LogP) is 3.22. The van der Waals surface area contributed by atoms with Crippen LogP contribution in [0.2, 0.25) is 5.02 Å². The first-order chi connectivity index (χ1) is 10.2. The summed E-state index contributed by atoms with van der Waals surface area (Å²) in [4.78, 5) is 6.91. The maximum Gasteiger partial charge on any atom is 0.205 e. The summed E-state index contributed by atoms with van der Waals surface area (Å²) in [6, 6.07) is 7.84. The number of nitrogens with zero attached hydrogens (tertiary/aromatic N) is 3. The lowest BCUT2D eigenvalue weighted by atomic mass is 10.1. The molecule has 0 aliphatic heterocycles. The number of hydrogen-bond donors (Lipinski definition) is 1. The summed E-state index contributed by atoms with van der Waals surface area (Å²) in [5, 5.41) is 5.09. The van der Waals surface area contributed by atoms with E-state index in [1.165, 1.54) is 17.1 Å². The van der Waals surface area contributed by atoms with Gasteiger partial charge in [0.15, 0.2) is 0 Å². The molecule has 1 heterocycles. The number of nitrogens with one attached hydrogen (secondary N) is 1. The molecular formula is C15H21ClN4S. The highest BCUT2D eigenvalue weighted by Gasteiger charge is 2.11. The van der Waals surface area contributed by atoms with Crippen molar-refractivity contribution in [2.75, 3.05) is 31.1 Å². The lowest BCUT2D eigenvalue weighted by molar-refractivity contribution is 0.686. The van der Waals surface area contributed by atoms with Crippen LogP contribution in [0.5, 0.6) is 0 Å². The quantitative estimate of drug-likeness (QED) is 0.757. The molecule has 114 valence electrons. The van der Waals surface area contributed by atoms with Crippen LogP contribution in [-0.2, 0) is 6.42 Å². The smallest absolute Gasteiger partial charge is 0.205 e. The summed E-state index contributed by atoms with van der Waals surface area (Å²) in [6.45, 7) is 8.13. The van der Waals surface area contributed by atoms with Crippen molar-refractivity contribution in [1.82, 2.24) is 14.7 Å². The topological polar surface area (TPSA) is 41.0 Å². The Balaban J connectivity index is 1.97. The van der Waals surface area contributed by atoms with Crippen LogP contribution in [0.1, 0.15) is 25.2 Å². The molecule has 0 saturated carbocycles. The van der Waals surface area contributed by atoms with E-state index in [-0.39, 0.29) is 0 Å². The third kappa shape index (κ3) is 4.95. The van der Waals surface area contributed by atoms with Gasteiger partial charge in [-0.25, -0.2) is 4.98 Å². The van der Waals surface area contributed by atoms with Gasteiger partial charge in [0, 0.05) is 42.6 Å². The normalized spacial score (nSPS) is 10.8. The first kappa shape index (κ1) is 16.2. The van der Waals surface area contributed by atoms with E-state index in [4.69, 9.17) is 11.6 Å². The highest BCUT2D eigenvalue weighted by molar-refractivity contribution is 7.09. The van der Waals surface area contributed by atoms with E-state index in [9.17, 15) is 0 Å². The Bertz CT molecular complexity index is 541. The van der Waals surface area contributed by atoms with Crippen molar-refractivity contribution in [1.29, 1.82) is 0 Å². The lowest BCUT2D eigenvalue weighted by Crippen LogP contribution is -2.31. The van der Waals surface area contributed by atoms with Gasteiger partial charge >= 0.3 is 0 Å². The maximum absolute atomic E-state index is 5.90. The monoisotopic (exact) mass is 324 g/mol. The molecule has 0 aliphatic rings. The first-order valence-corrected chi connectivity index (χ1v) is 8.40. The van der Waals surface area contributed by atoms with E-state index in [1.807, 2.05) is 24.3 Å². The van der Waals surface area contributed by atoms with Crippen molar-refractivity contribution in [2.24, 2.45) is 0 Å². The van der Waals surface area contributed by atoms with E-state index in [0.29, 0.717) is 0 Å². The summed E-state index contributed by atoms with van der Waals surface area (Å²) >= 11 is 7.37. The highest BCUT2D eigenvalue weighted by Crippen LogP contribution is 2.19. The number of rotatable bonds is 8. The standard InChI is InChI=1S/C15H21ClN4S/c1-3-17-9-10-20(4-2)15-18-14(19-21-15)11-12-5-7-13(16)8-6-12/h5-8,17H,3-4,9-11H2,1-2H3. The molecule has 0 atom stereocenters. The van der Waals surface area contributed by atoms with E-state index in [1.54, 1.807) is 0 Å². The van der Waals surface area contributed by atoms with Crippen LogP contribution in [0.3, 0.4) is 0 Å². The SMILES string of the molecule is CCNCCN(CC)c1nc(Cc2ccc(Cl)cc2)ns1. The maximum atomic E-state index is 5.90. The number of anilines is 1. The first-order valence-electron chi connectivity index (χ1n) is 7.25. The van der Waals surface area contributed by atoms with Crippen molar-refractivity contribution in [3.05, 3.63) is 40.7 Å². The average molecular weight is 325 g/mol. The van der Waals surface area contributed by atoms with Crippen LogP contribution < -0.4 is 10.2 Å². The fraction of sp³-hybridized carbons (Fsp3) is 0.467. The number of hydrogen-bond acceptors (Lipinski definition) is 5. The van der Waals surface area contributed by atoms with Crippen LogP contribution in [0.25, 0.3) is 0 Å². The Kier molecular flexibility index (Phi) is 6.42. The van der Waals surface area contributed by atoms with Crippen LogP contribution in [0.4, 0.5) is 5.13 Å². The molecule has 6 heteroatoms. The van der Waals surface area contributed by atoms with Crippen LogP contribution in [0, 0.1) is 0 Å². The largest absolute Gasteiger partial charge is 0.346 e. The molecule has 2 aromatic rings. The van der Waals surface area contributed by atoms with Gasteiger partial charge in [0.25, 0.3) is 0 Å². The van der Waals surface area contributed by atoms with Gasteiger partial charge in [-0.05, 0) is 31.2 Å². The minimum atomic E-state index is 0.748. The summed E-state index contributed by atoms with van der Waals surface area (Å²) < 4.78 is 4.47. The van der Waals surface area contributed by atoms with Crippen molar-refractivity contribution < 1.29 is 0 Å². The highest BCUT2D eigenvalue weighted by atomic mass is 35.5. The van der Waals surface area contributed by atoms with Crippen molar-refractivity contribution in [2.45, 2.75) is 20.3 Å². The van der Waals surface area contributed by atoms with Crippen molar-refractivity contribution >= 4 is 28.3 Å². The second-order valence-corrected chi connectivity index (χ2v) is 5.90. The number of aromatic nitrogens is 2. The van der Waals surface area contributed by atoms with E-state index in [2.05, 4.69) is 33.4 Å². The zero-order chi connectivity index (χ0) is 15.1. The summed E-state index contributed by atoms with van der Waals surface area (Å²) in [6.07, 6.45) is 0.748. The van der Waals surface area contributed by atoms with Gasteiger partial charge in [-0.3, -0.25) is 0 Å². The Morgan fingerprint density at radius 1 is 1.24 bits per heavy atom. The molecule has 0 fully saturated rings. The molecule has 4 nitrogen and oxygen atoms in total. The molecule has 2 rings (SSSR count). The van der Waals surface area contributed by atoms with Crippen LogP contribution in [-0.4, -0.2) is 35.5 Å². The molecule has 0 unspecified atom stereocenters. The van der Waals surface area contributed by atoms with Gasteiger partial charge in [0.05, 0.1) is 0 Å². The average Bonchev–Trinajstić information content (AvgIpc) is 2.94. The van der Waals surface area contributed by atoms with Crippen molar-refractivity contribution in [3.8, 4) is 0 Å². The number of halogens is 1. The van der Waals surface area contributed by atoms with Crippen LogP contribution >= 0.6 is 23.1 Å². The number of benzene rings is 1. The fourth-order valence-corrected chi connectivity index (χ4v) is 2.91. The van der Waals surface area contributed by atoms with Gasteiger partial charge in [0.1, 0.15) is 5.82 Å². The Labute approximate surface area is 135 Å². The molecule has 1 aromatic heterocycles. The van der Waals surface area contributed by atoms with Crippen molar-refractivity contribution in [3.63, 3.8) is 0 Å². The van der Waals surface area contributed by atoms with Gasteiger partial charge in [-0.15, -0.1) is 0 Å². The van der Waals surface area contributed by atoms with E-state index >= 15 is 0 Å². The third-order valence-electron chi connectivity index (χ3n) is 3.19. The summed E-state index contributed by atoms with van der Waals surface area (Å²) in [5.41, 5.74) is 1.18. The van der Waals surface area contributed by atoms with E-state index in [0.717, 1.165) is 48.6 Å². The molecule has 0 bridgehead atoms. The zero-order valence-corrected chi connectivity index (χ0v) is 14.0. The second-order valence-electron chi connectivity index (χ2n) is 4.73. The van der Waals surface area contributed by atoms with E-state index < -0.39 is 0 Å². The molecule has 1 aromatic carbocycles. The van der Waals surface area contributed by atoms with Gasteiger partial charge in [0.2, 0.25) is 5.13 Å². The summed E-state index contributed by atoms with van der Waals surface area (Å²) in [7, 11) is 0. The minimum Gasteiger partial charge on any atom is -0.346 e. The van der Waals surface area contributed by atoms with Gasteiger partial charge in [-0.1, -0.05) is 30.7 Å². The molecule has 0 radical (unpaired) electrons. The Morgan fingerprint density at radius 3 is 2.67 bits per heavy atom. The fourth-order valence-electron chi connectivity index (χ4n) is 2.01. The summed E-state index contributed by atoms with van der Waals surface area (Å²) in [5.74, 6) is 0.874. The molecule has 0 aliphatic carbocycles. The molecule has 0 saturated heterocycles. The number of likely N-dealkylation sites (N-methyl/N-ethyl adjacent to an activating group) is 2. The molecular weight excluding hydrogens is 304 g/mol. The third-order valence-corrected chi connectivity index (χ3v) is 4.26. The molecule has 0 spiro atoms. The second kappa shape index (κ2) is 8.32. The van der Waals surface area contributed by atoms with Gasteiger partial charge in [-0.2, -0.15) is 4.37 Å². The minimum absolute atomic E-state index is 0.748. The molecule has 1 N–H and O–H groups in total. The predicted molar refractivity (Wildman–Crippen MR) is 90.6 cm³/mol. The molecule has 0 amide bonds. The Morgan fingerprint density at radius 2 is 2.00 bits per heavy atom.